The van der Waals surface area contributed by atoms with Gasteiger partial charge in [0.15, 0.2) is 0 Å². The summed E-state index contributed by atoms with van der Waals surface area (Å²) in [4.78, 5) is 21.3. The number of aryl methyl sites for hydroxylation is 1. The van der Waals surface area contributed by atoms with Crippen molar-refractivity contribution < 1.29 is 4.79 Å². The molecule has 2 heterocycles. The first-order valence-electron chi connectivity index (χ1n) is 6.17. The van der Waals surface area contributed by atoms with Crippen LogP contribution in [0.2, 0.25) is 5.28 Å². The minimum Gasteiger partial charge on any atom is -0.370 e. The fraction of sp³-hybridized carbons (Fsp3) is 0.583. The standard InChI is InChI=1S/C12H17ClN4O/c1-9-8-15-12(13)16-11(9)14-5-3-7-17-6-2-4-10(17)18/h8H,2-7H2,1H3,(H,14,15,16). The lowest BCUT2D eigenvalue weighted by Crippen LogP contribution is -2.27. The number of anilines is 1. The Kier molecular flexibility index (Phi) is 4.36. The zero-order valence-corrected chi connectivity index (χ0v) is 11.2. The van der Waals surface area contributed by atoms with Crippen LogP contribution in [0, 0.1) is 6.92 Å². The Labute approximate surface area is 112 Å². The van der Waals surface area contributed by atoms with Crippen molar-refractivity contribution in [2.75, 3.05) is 25.0 Å². The Morgan fingerprint density at radius 2 is 2.39 bits per heavy atom. The summed E-state index contributed by atoms with van der Waals surface area (Å²) in [5, 5.41) is 3.47. The molecule has 1 amide bonds. The van der Waals surface area contributed by atoms with E-state index in [-0.39, 0.29) is 11.2 Å². The van der Waals surface area contributed by atoms with Gasteiger partial charge in [0.1, 0.15) is 5.82 Å². The highest BCUT2D eigenvalue weighted by molar-refractivity contribution is 6.28. The van der Waals surface area contributed by atoms with Gasteiger partial charge in [-0.3, -0.25) is 4.79 Å². The van der Waals surface area contributed by atoms with Gasteiger partial charge in [-0.15, -0.1) is 0 Å². The van der Waals surface area contributed by atoms with Crippen molar-refractivity contribution in [1.82, 2.24) is 14.9 Å². The molecule has 0 bridgehead atoms. The molecule has 0 aromatic carbocycles. The molecule has 1 saturated heterocycles. The number of likely N-dealkylation sites (tertiary alicyclic amines) is 1. The first-order chi connectivity index (χ1) is 8.66. The molecule has 0 atom stereocenters. The highest BCUT2D eigenvalue weighted by Crippen LogP contribution is 2.13. The van der Waals surface area contributed by atoms with Crippen LogP contribution in [0.1, 0.15) is 24.8 Å². The second-order valence-corrected chi connectivity index (χ2v) is 4.77. The minimum atomic E-state index is 0.248. The van der Waals surface area contributed by atoms with Gasteiger partial charge in [-0.1, -0.05) is 0 Å². The molecule has 1 aliphatic heterocycles. The number of amides is 1. The predicted octanol–water partition coefficient (Wildman–Crippen LogP) is 1.86. The van der Waals surface area contributed by atoms with Gasteiger partial charge in [0.05, 0.1) is 0 Å². The number of hydrogen-bond donors (Lipinski definition) is 1. The van der Waals surface area contributed by atoms with Gasteiger partial charge in [0.25, 0.3) is 0 Å². The van der Waals surface area contributed by atoms with Gasteiger partial charge in [-0.25, -0.2) is 9.97 Å². The van der Waals surface area contributed by atoms with E-state index in [0.717, 1.165) is 43.9 Å². The number of carbonyl (C=O) groups is 1. The summed E-state index contributed by atoms with van der Waals surface area (Å²) in [6.45, 7) is 4.42. The van der Waals surface area contributed by atoms with Gasteiger partial charge in [-0.05, 0) is 31.4 Å². The Morgan fingerprint density at radius 1 is 1.56 bits per heavy atom. The smallest absolute Gasteiger partial charge is 0.224 e. The Bertz CT molecular complexity index is 438. The van der Waals surface area contributed by atoms with Crippen molar-refractivity contribution in [2.24, 2.45) is 0 Å². The van der Waals surface area contributed by atoms with E-state index in [0.29, 0.717) is 6.42 Å². The summed E-state index contributed by atoms with van der Waals surface area (Å²) in [7, 11) is 0. The molecule has 2 rings (SSSR count). The maximum atomic E-state index is 11.4. The van der Waals surface area contributed by atoms with Crippen LogP contribution in [0.3, 0.4) is 0 Å². The van der Waals surface area contributed by atoms with Crippen LogP contribution in [-0.4, -0.2) is 40.4 Å². The average molecular weight is 269 g/mol. The molecule has 1 aromatic rings. The number of nitrogens with one attached hydrogen (secondary N) is 1. The molecule has 0 unspecified atom stereocenters. The van der Waals surface area contributed by atoms with E-state index in [2.05, 4.69) is 15.3 Å². The van der Waals surface area contributed by atoms with E-state index in [1.807, 2.05) is 11.8 Å². The highest BCUT2D eigenvalue weighted by atomic mass is 35.5. The summed E-state index contributed by atoms with van der Waals surface area (Å²) in [6, 6.07) is 0. The average Bonchev–Trinajstić information content (AvgIpc) is 2.75. The van der Waals surface area contributed by atoms with Gasteiger partial charge >= 0.3 is 0 Å². The number of hydrogen-bond acceptors (Lipinski definition) is 4. The van der Waals surface area contributed by atoms with Crippen LogP contribution < -0.4 is 5.32 Å². The van der Waals surface area contributed by atoms with E-state index in [1.165, 1.54) is 0 Å². The maximum Gasteiger partial charge on any atom is 0.224 e. The van der Waals surface area contributed by atoms with Crippen LogP contribution in [-0.2, 0) is 4.79 Å². The summed E-state index contributed by atoms with van der Waals surface area (Å²) in [5.74, 6) is 1.04. The lowest BCUT2D eigenvalue weighted by atomic mass is 10.3. The van der Waals surface area contributed by atoms with Crippen LogP contribution >= 0.6 is 11.6 Å². The van der Waals surface area contributed by atoms with Gasteiger partial charge < -0.3 is 10.2 Å². The Hall–Kier alpha value is -1.36. The SMILES string of the molecule is Cc1cnc(Cl)nc1NCCCN1CCCC1=O. The van der Waals surface area contributed by atoms with E-state index >= 15 is 0 Å². The van der Waals surface area contributed by atoms with Crippen LogP contribution in [0.4, 0.5) is 5.82 Å². The first kappa shape index (κ1) is 13.1. The molecule has 0 saturated carbocycles. The number of halogens is 1. The third-order valence-corrected chi connectivity index (χ3v) is 3.19. The zero-order chi connectivity index (χ0) is 13.0. The molecule has 98 valence electrons. The van der Waals surface area contributed by atoms with Gasteiger partial charge in [0.2, 0.25) is 11.2 Å². The molecule has 6 heteroatoms. The van der Waals surface area contributed by atoms with Crippen molar-refractivity contribution in [3.05, 3.63) is 17.0 Å². The lowest BCUT2D eigenvalue weighted by molar-refractivity contribution is -0.127. The molecule has 0 aliphatic carbocycles. The number of aromatic nitrogens is 2. The van der Waals surface area contributed by atoms with E-state index < -0.39 is 0 Å². The number of carbonyl (C=O) groups excluding carboxylic acids is 1. The largest absolute Gasteiger partial charge is 0.370 e. The Balaban J connectivity index is 1.75. The first-order valence-corrected chi connectivity index (χ1v) is 6.55. The normalized spacial score (nSPS) is 15.2. The molecule has 0 spiro atoms. The third-order valence-electron chi connectivity index (χ3n) is 3.01. The predicted molar refractivity (Wildman–Crippen MR) is 70.7 cm³/mol. The van der Waals surface area contributed by atoms with Crippen LogP contribution in [0.5, 0.6) is 0 Å². The quantitative estimate of drug-likeness (QED) is 0.654. The van der Waals surface area contributed by atoms with E-state index in [1.54, 1.807) is 6.20 Å². The molecule has 18 heavy (non-hydrogen) atoms. The molecule has 1 aromatic heterocycles. The molecule has 1 N–H and O–H groups in total. The summed E-state index contributed by atoms with van der Waals surface area (Å²) < 4.78 is 0. The number of rotatable bonds is 5. The third kappa shape index (κ3) is 3.32. The summed E-state index contributed by atoms with van der Waals surface area (Å²) >= 11 is 5.74. The van der Waals surface area contributed by atoms with Gasteiger partial charge in [-0.2, -0.15) is 0 Å². The fourth-order valence-corrected chi connectivity index (χ4v) is 2.15. The Morgan fingerprint density at radius 3 is 3.11 bits per heavy atom. The molecule has 5 nitrogen and oxygen atoms in total. The second kappa shape index (κ2) is 6.00. The second-order valence-electron chi connectivity index (χ2n) is 4.44. The molecular weight excluding hydrogens is 252 g/mol. The topological polar surface area (TPSA) is 58.1 Å². The monoisotopic (exact) mass is 268 g/mol. The minimum absolute atomic E-state index is 0.248. The lowest BCUT2D eigenvalue weighted by Gasteiger charge is -2.15. The maximum absolute atomic E-state index is 11.4. The van der Waals surface area contributed by atoms with Crippen molar-refractivity contribution in [3.8, 4) is 0 Å². The summed E-state index contributed by atoms with van der Waals surface area (Å²) in [6.07, 6.45) is 4.30. The van der Waals surface area contributed by atoms with E-state index in [9.17, 15) is 4.79 Å². The van der Waals surface area contributed by atoms with E-state index in [4.69, 9.17) is 11.6 Å². The molecule has 1 aliphatic rings. The molecule has 1 fully saturated rings. The fourth-order valence-electron chi connectivity index (χ4n) is 2.02. The van der Waals surface area contributed by atoms with Crippen molar-refractivity contribution in [3.63, 3.8) is 0 Å². The van der Waals surface area contributed by atoms with Gasteiger partial charge in [0, 0.05) is 37.8 Å². The number of nitrogens with zero attached hydrogens (tertiary/aromatic N) is 3. The van der Waals surface area contributed by atoms with Crippen LogP contribution in [0.25, 0.3) is 0 Å². The summed E-state index contributed by atoms with van der Waals surface area (Å²) in [5.41, 5.74) is 0.969. The zero-order valence-electron chi connectivity index (χ0n) is 10.4. The van der Waals surface area contributed by atoms with Crippen LogP contribution in [0.15, 0.2) is 6.20 Å². The van der Waals surface area contributed by atoms with Crippen molar-refractivity contribution >= 4 is 23.3 Å². The molecule has 0 radical (unpaired) electrons. The van der Waals surface area contributed by atoms with Crippen molar-refractivity contribution in [2.45, 2.75) is 26.2 Å². The highest BCUT2D eigenvalue weighted by Gasteiger charge is 2.18. The molecular formula is C12H17ClN4O. The van der Waals surface area contributed by atoms with Crippen molar-refractivity contribution in [1.29, 1.82) is 0 Å².